The molecule has 232 valence electrons. The van der Waals surface area contributed by atoms with Gasteiger partial charge in [0.1, 0.15) is 12.3 Å². The summed E-state index contributed by atoms with van der Waals surface area (Å²) >= 11 is 11.7. The molecule has 0 bridgehead atoms. The van der Waals surface area contributed by atoms with Crippen LogP contribution in [0.3, 0.4) is 0 Å². The van der Waals surface area contributed by atoms with Crippen LogP contribution in [-0.2, 0) is 31.0 Å². The third kappa shape index (κ3) is 7.56. The molecule has 0 fully saturated rings. The quantitative estimate of drug-likeness (QED) is 0.192. The zero-order chi connectivity index (χ0) is 32.3. The summed E-state index contributed by atoms with van der Waals surface area (Å²) in [5.74, 6) is -0.659. The molecule has 0 heterocycles. The Morgan fingerprint density at radius 3 is 2.09 bits per heavy atom. The normalized spacial score (nSPS) is 12.0. The van der Waals surface area contributed by atoms with Gasteiger partial charge in [-0.25, -0.2) is 16.8 Å². The van der Waals surface area contributed by atoms with E-state index < -0.39 is 49.3 Å². The fourth-order valence-electron chi connectivity index (χ4n) is 3.95. The van der Waals surface area contributed by atoms with Crippen molar-refractivity contribution in [1.82, 2.24) is 0 Å². The van der Waals surface area contributed by atoms with Crippen LogP contribution in [0.5, 0.6) is 5.75 Å². The molecular formula is C28H22Cl2F3N3O6S2. The molecule has 9 nitrogen and oxygen atoms in total. The third-order valence-corrected chi connectivity index (χ3v) is 9.74. The average molecular weight is 689 g/mol. The summed E-state index contributed by atoms with van der Waals surface area (Å²) in [5, 5.41) is 2.10. The number of carbonyl (C=O) groups is 1. The maximum Gasteiger partial charge on any atom is 0.417 e. The Morgan fingerprint density at radius 2 is 1.48 bits per heavy atom. The first-order valence-electron chi connectivity index (χ1n) is 12.3. The number of rotatable bonds is 10. The van der Waals surface area contributed by atoms with Gasteiger partial charge in [0.05, 0.1) is 33.2 Å². The van der Waals surface area contributed by atoms with Crippen molar-refractivity contribution in [2.75, 3.05) is 28.0 Å². The molecule has 0 atom stereocenters. The van der Waals surface area contributed by atoms with Crippen molar-refractivity contribution in [1.29, 1.82) is 0 Å². The monoisotopic (exact) mass is 687 g/mol. The predicted octanol–water partition coefficient (Wildman–Crippen LogP) is 6.66. The minimum atomic E-state index is -4.80. The second-order valence-electron chi connectivity index (χ2n) is 9.01. The highest BCUT2D eigenvalue weighted by Gasteiger charge is 2.34. The SMILES string of the molecule is COc1ccc(Cl)cc1N(CC(=O)Nc1ccc(S(=O)(=O)Nc2ccc(Cl)c(C(F)(F)F)c2)cc1)S(=O)(=O)c1ccccc1. The Bertz CT molecular complexity index is 1890. The molecule has 0 aliphatic rings. The molecule has 0 spiro atoms. The number of nitrogens with zero attached hydrogens (tertiary/aromatic N) is 1. The van der Waals surface area contributed by atoms with Gasteiger partial charge in [-0.2, -0.15) is 13.2 Å². The van der Waals surface area contributed by atoms with Crippen molar-refractivity contribution in [3.8, 4) is 5.75 Å². The highest BCUT2D eigenvalue weighted by atomic mass is 35.5. The van der Waals surface area contributed by atoms with Gasteiger partial charge in [0.25, 0.3) is 20.0 Å². The highest BCUT2D eigenvalue weighted by Crippen LogP contribution is 2.37. The van der Waals surface area contributed by atoms with Crippen molar-refractivity contribution < 1.29 is 39.5 Å². The summed E-state index contributed by atoms with van der Waals surface area (Å²) in [6.45, 7) is -0.715. The Morgan fingerprint density at radius 1 is 0.841 bits per heavy atom. The van der Waals surface area contributed by atoms with Crippen LogP contribution in [0.1, 0.15) is 5.56 Å². The van der Waals surface area contributed by atoms with Gasteiger partial charge in [0, 0.05) is 16.4 Å². The van der Waals surface area contributed by atoms with Gasteiger partial charge in [0.15, 0.2) is 0 Å². The molecule has 0 aromatic heterocycles. The number of halogens is 5. The van der Waals surface area contributed by atoms with E-state index in [-0.39, 0.29) is 37.6 Å². The van der Waals surface area contributed by atoms with Crippen LogP contribution in [0.2, 0.25) is 10.0 Å². The lowest BCUT2D eigenvalue weighted by Gasteiger charge is -2.26. The molecule has 4 aromatic carbocycles. The third-order valence-electron chi connectivity index (χ3n) is 6.00. The van der Waals surface area contributed by atoms with Crippen LogP contribution in [0.4, 0.5) is 30.2 Å². The number of benzene rings is 4. The summed E-state index contributed by atoms with van der Waals surface area (Å²) in [6, 6.07) is 18.9. The largest absolute Gasteiger partial charge is 0.495 e. The second-order valence-corrected chi connectivity index (χ2v) is 13.4. The fourth-order valence-corrected chi connectivity index (χ4v) is 6.83. The van der Waals surface area contributed by atoms with Crippen molar-refractivity contribution in [2.24, 2.45) is 0 Å². The molecule has 4 rings (SSSR count). The van der Waals surface area contributed by atoms with Crippen LogP contribution >= 0.6 is 23.2 Å². The van der Waals surface area contributed by atoms with E-state index in [2.05, 4.69) is 10.0 Å². The first-order chi connectivity index (χ1) is 20.6. The van der Waals surface area contributed by atoms with Gasteiger partial charge >= 0.3 is 6.18 Å². The van der Waals surface area contributed by atoms with Crippen molar-refractivity contribution in [3.05, 3.63) is 107 Å². The number of methoxy groups -OCH3 is 1. The molecule has 16 heteroatoms. The maximum absolute atomic E-state index is 13.6. The molecule has 44 heavy (non-hydrogen) atoms. The Labute approximate surface area is 261 Å². The number of hydrogen-bond acceptors (Lipinski definition) is 6. The first kappa shape index (κ1) is 32.9. The average Bonchev–Trinajstić information content (AvgIpc) is 2.97. The summed E-state index contributed by atoms with van der Waals surface area (Å²) in [7, 11) is -7.31. The van der Waals surface area contributed by atoms with Crippen LogP contribution in [0.15, 0.2) is 101 Å². The molecule has 0 aliphatic carbocycles. The van der Waals surface area contributed by atoms with E-state index in [0.717, 1.165) is 28.6 Å². The van der Waals surface area contributed by atoms with Gasteiger partial charge in [-0.3, -0.25) is 13.8 Å². The maximum atomic E-state index is 13.6. The molecule has 0 unspecified atom stereocenters. The number of ether oxygens (including phenoxy) is 1. The number of amides is 1. The molecule has 0 radical (unpaired) electrons. The lowest BCUT2D eigenvalue weighted by molar-refractivity contribution is -0.137. The van der Waals surface area contributed by atoms with Gasteiger partial charge in [-0.05, 0) is 72.8 Å². The van der Waals surface area contributed by atoms with E-state index in [1.54, 1.807) is 6.07 Å². The molecule has 2 N–H and O–H groups in total. The fraction of sp³-hybridized carbons (Fsp3) is 0.107. The van der Waals surface area contributed by atoms with Gasteiger partial charge in [-0.1, -0.05) is 41.4 Å². The Kier molecular flexibility index (Phi) is 9.68. The van der Waals surface area contributed by atoms with Crippen LogP contribution in [-0.4, -0.2) is 36.4 Å². The van der Waals surface area contributed by atoms with Crippen molar-refractivity contribution >= 4 is 66.2 Å². The lowest BCUT2D eigenvalue weighted by Crippen LogP contribution is -2.38. The molecule has 4 aromatic rings. The van der Waals surface area contributed by atoms with E-state index >= 15 is 0 Å². The van der Waals surface area contributed by atoms with E-state index in [9.17, 15) is 34.8 Å². The summed E-state index contributed by atoms with van der Waals surface area (Å²) < 4.78 is 101. The highest BCUT2D eigenvalue weighted by molar-refractivity contribution is 7.93. The summed E-state index contributed by atoms with van der Waals surface area (Å²) in [6.07, 6.45) is -4.80. The van der Waals surface area contributed by atoms with Crippen LogP contribution < -0.4 is 19.1 Å². The Hall–Kier alpha value is -3.98. The molecule has 0 saturated carbocycles. The number of hydrogen-bond donors (Lipinski definition) is 2. The van der Waals surface area contributed by atoms with Gasteiger partial charge < -0.3 is 10.1 Å². The molecule has 1 amide bonds. The first-order valence-corrected chi connectivity index (χ1v) is 16.0. The van der Waals surface area contributed by atoms with Crippen LogP contribution in [0, 0.1) is 0 Å². The number of nitrogens with one attached hydrogen (secondary N) is 2. The van der Waals surface area contributed by atoms with Gasteiger partial charge in [0.2, 0.25) is 5.91 Å². The minimum absolute atomic E-state index is 0.00222. The summed E-state index contributed by atoms with van der Waals surface area (Å²) in [5.41, 5.74) is -1.47. The lowest BCUT2D eigenvalue weighted by atomic mass is 10.2. The molecule has 0 saturated heterocycles. The standard InChI is InChI=1S/C28H22Cl2F3N3O6S2/c1-42-26-14-7-18(29)15-25(26)36(44(40,41)22-5-3-2-4-6-22)17-27(37)34-19-8-11-21(12-9-19)43(38,39)35-20-10-13-24(30)23(16-20)28(31,32)33/h2-16,35H,17H2,1H3,(H,34,37). The topological polar surface area (TPSA) is 122 Å². The minimum Gasteiger partial charge on any atom is -0.495 e. The summed E-state index contributed by atoms with van der Waals surface area (Å²) in [4.78, 5) is 12.7. The number of sulfonamides is 2. The smallest absolute Gasteiger partial charge is 0.417 e. The number of alkyl halides is 3. The Balaban J connectivity index is 1.56. The number of carbonyl (C=O) groups excluding carboxylic acids is 1. The second kappa shape index (κ2) is 12.9. The van der Waals surface area contributed by atoms with E-state index in [1.165, 1.54) is 61.7 Å². The molecule has 0 aliphatic heterocycles. The van der Waals surface area contributed by atoms with Crippen molar-refractivity contribution in [2.45, 2.75) is 16.0 Å². The van der Waals surface area contributed by atoms with E-state index in [4.69, 9.17) is 27.9 Å². The van der Waals surface area contributed by atoms with E-state index in [1.807, 2.05) is 0 Å². The molecular weight excluding hydrogens is 666 g/mol. The van der Waals surface area contributed by atoms with Crippen LogP contribution in [0.25, 0.3) is 0 Å². The predicted molar refractivity (Wildman–Crippen MR) is 161 cm³/mol. The zero-order valence-corrected chi connectivity index (χ0v) is 25.6. The van der Waals surface area contributed by atoms with E-state index in [0.29, 0.717) is 6.07 Å². The van der Waals surface area contributed by atoms with Crippen molar-refractivity contribution in [3.63, 3.8) is 0 Å². The van der Waals surface area contributed by atoms with Gasteiger partial charge in [-0.15, -0.1) is 0 Å². The zero-order valence-electron chi connectivity index (χ0n) is 22.5. The number of anilines is 3.